The first-order valence-electron chi connectivity index (χ1n) is 9.98. The average Bonchev–Trinajstić information content (AvgIpc) is 3.17. The normalized spacial score (nSPS) is 11.0. The highest BCUT2D eigenvalue weighted by Gasteiger charge is 2.26. The zero-order valence-corrected chi connectivity index (χ0v) is 18.6. The number of rotatable bonds is 6. The minimum atomic E-state index is -0.648. The van der Waals surface area contributed by atoms with Crippen LogP contribution in [0.25, 0.3) is 10.9 Å². The first-order chi connectivity index (χ1) is 15.7. The van der Waals surface area contributed by atoms with Gasteiger partial charge in [0.05, 0.1) is 22.0 Å². The molecule has 33 heavy (non-hydrogen) atoms. The van der Waals surface area contributed by atoms with Crippen molar-refractivity contribution in [2.24, 2.45) is 0 Å². The van der Waals surface area contributed by atoms with E-state index in [1.165, 1.54) is 10.9 Å². The molecule has 0 aliphatic rings. The third kappa shape index (κ3) is 4.75. The smallest absolute Gasteiger partial charge is 0.320 e. The minimum Gasteiger partial charge on any atom is -0.384 e. The Balaban J connectivity index is 1.56. The molecule has 1 amide bonds. The van der Waals surface area contributed by atoms with Crippen LogP contribution in [-0.4, -0.2) is 30.6 Å². The van der Waals surface area contributed by atoms with Gasteiger partial charge in [0.25, 0.3) is 5.91 Å². The van der Waals surface area contributed by atoms with Crippen LogP contribution in [0.1, 0.15) is 32.9 Å². The van der Waals surface area contributed by atoms with E-state index in [-0.39, 0.29) is 24.5 Å². The largest absolute Gasteiger partial charge is 0.384 e. The predicted molar refractivity (Wildman–Crippen MR) is 124 cm³/mol. The van der Waals surface area contributed by atoms with Crippen molar-refractivity contribution >= 4 is 39.9 Å². The number of carbonyl (C=O) groups is 1. The summed E-state index contributed by atoms with van der Waals surface area (Å²) in [5.74, 6) is -0.258. The second-order valence-corrected chi connectivity index (χ2v) is 8.05. The fourth-order valence-electron chi connectivity index (χ4n) is 3.63. The molecule has 3 heterocycles. The van der Waals surface area contributed by atoms with Crippen LogP contribution in [0, 0.1) is 24.0 Å². The highest BCUT2D eigenvalue weighted by Crippen LogP contribution is 2.21. The van der Waals surface area contributed by atoms with Gasteiger partial charge in [0.1, 0.15) is 12.0 Å². The summed E-state index contributed by atoms with van der Waals surface area (Å²) in [6.07, 6.45) is 2.81. The summed E-state index contributed by atoms with van der Waals surface area (Å²) < 4.78 is 1.37. The van der Waals surface area contributed by atoms with Gasteiger partial charge in [-0.15, -0.1) is 0 Å². The fraction of sp³-hybridized carbons (Fsp3) is 0.182. The van der Waals surface area contributed by atoms with Crippen molar-refractivity contribution in [1.29, 1.82) is 0 Å². The van der Waals surface area contributed by atoms with Crippen LogP contribution < -0.4 is 11.1 Å². The topological polar surface area (TPSA) is 142 Å². The third-order valence-corrected chi connectivity index (χ3v) is 5.42. The summed E-state index contributed by atoms with van der Waals surface area (Å²) in [5.41, 5.74) is 9.05. The van der Waals surface area contributed by atoms with Crippen molar-refractivity contribution in [1.82, 2.24) is 25.1 Å². The van der Waals surface area contributed by atoms with Gasteiger partial charge in [0, 0.05) is 23.8 Å². The van der Waals surface area contributed by atoms with Gasteiger partial charge in [0.2, 0.25) is 5.69 Å². The molecule has 168 valence electrons. The van der Waals surface area contributed by atoms with E-state index in [2.05, 4.69) is 20.4 Å². The lowest BCUT2D eigenvalue weighted by Crippen LogP contribution is -2.25. The van der Waals surface area contributed by atoms with E-state index >= 15 is 0 Å². The highest BCUT2D eigenvalue weighted by atomic mass is 35.5. The van der Waals surface area contributed by atoms with Crippen LogP contribution in [0.2, 0.25) is 5.02 Å². The van der Waals surface area contributed by atoms with Crippen LogP contribution in [0.5, 0.6) is 0 Å². The standard InChI is InChI=1S/C22H20ClN7O3/c1-12-5-20(24)27-13(2)17(12)9-26-22(31)21-19(30(32)33)11-29(28-21)10-14-3-4-18-15(6-14)7-16(23)8-25-18/h3-8,11H,9-10H2,1-2H3,(H2,24,27)(H,26,31). The zero-order chi connectivity index (χ0) is 23.7. The zero-order valence-electron chi connectivity index (χ0n) is 17.9. The maximum atomic E-state index is 12.8. The molecule has 0 bridgehead atoms. The molecule has 0 saturated carbocycles. The van der Waals surface area contributed by atoms with Crippen LogP contribution in [0.15, 0.2) is 42.7 Å². The number of nitrogens with one attached hydrogen (secondary N) is 1. The number of nitrogen functional groups attached to an aromatic ring is 1. The number of hydrogen-bond donors (Lipinski definition) is 2. The van der Waals surface area contributed by atoms with Gasteiger partial charge in [-0.2, -0.15) is 5.10 Å². The number of amides is 1. The van der Waals surface area contributed by atoms with E-state index < -0.39 is 10.8 Å². The predicted octanol–water partition coefficient (Wildman–Crippen LogP) is 3.57. The van der Waals surface area contributed by atoms with E-state index in [0.29, 0.717) is 16.5 Å². The number of fused-ring (bicyclic) bond motifs is 1. The Bertz CT molecular complexity index is 1380. The Morgan fingerprint density at radius 3 is 2.79 bits per heavy atom. The summed E-state index contributed by atoms with van der Waals surface area (Å²) in [5, 5.41) is 19.8. The van der Waals surface area contributed by atoms with Crippen molar-refractivity contribution in [2.45, 2.75) is 26.9 Å². The number of nitrogens with zero attached hydrogens (tertiary/aromatic N) is 5. The first kappa shape index (κ1) is 22.2. The Labute approximate surface area is 193 Å². The Morgan fingerprint density at radius 1 is 1.27 bits per heavy atom. The fourth-order valence-corrected chi connectivity index (χ4v) is 3.80. The van der Waals surface area contributed by atoms with E-state index in [1.54, 1.807) is 25.3 Å². The number of benzene rings is 1. The van der Waals surface area contributed by atoms with Crippen molar-refractivity contribution < 1.29 is 9.72 Å². The second kappa shape index (κ2) is 8.83. The molecule has 1 aromatic carbocycles. The van der Waals surface area contributed by atoms with Gasteiger partial charge >= 0.3 is 5.69 Å². The molecule has 0 radical (unpaired) electrons. The maximum Gasteiger partial charge on any atom is 0.320 e. The number of aromatic nitrogens is 4. The number of aryl methyl sites for hydroxylation is 2. The summed E-state index contributed by atoms with van der Waals surface area (Å²) in [7, 11) is 0. The molecule has 0 saturated heterocycles. The van der Waals surface area contributed by atoms with E-state index in [0.717, 1.165) is 27.6 Å². The Morgan fingerprint density at radius 2 is 2.06 bits per heavy atom. The molecule has 11 heteroatoms. The van der Waals surface area contributed by atoms with Gasteiger partial charge in [0.15, 0.2) is 0 Å². The molecule has 4 rings (SSSR count). The number of carbonyl (C=O) groups excluding carboxylic acids is 1. The van der Waals surface area contributed by atoms with Gasteiger partial charge in [-0.1, -0.05) is 17.7 Å². The quantitative estimate of drug-likeness (QED) is 0.327. The Hall–Kier alpha value is -4.05. The van der Waals surface area contributed by atoms with Gasteiger partial charge in [-0.3, -0.25) is 24.6 Å². The van der Waals surface area contributed by atoms with Crippen molar-refractivity contribution in [3.8, 4) is 0 Å². The maximum absolute atomic E-state index is 12.8. The second-order valence-electron chi connectivity index (χ2n) is 7.61. The molecular weight excluding hydrogens is 446 g/mol. The van der Waals surface area contributed by atoms with Crippen LogP contribution in [0.3, 0.4) is 0 Å². The average molecular weight is 466 g/mol. The Kier molecular flexibility index (Phi) is 5.93. The summed E-state index contributed by atoms with van der Waals surface area (Å²) in [6, 6.07) is 9.04. The van der Waals surface area contributed by atoms with Crippen LogP contribution in [0.4, 0.5) is 11.5 Å². The summed E-state index contributed by atoms with van der Waals surface area (Å²) in [4.78, 5) is 32.1. The van der Waals surface area contributed by atoms with Gasteiger partial charge in [-0.25, -0.2) is 4.98 Å². The number of hydrogen-bond acceptors (Lipinski definition) is 7. The number of pyridine rings is 2. The third-order valence-electron chi connectivity index (χ3n) is 5.21. The number of anilines is 1. The van der Waals surface area contributed by atoms with Crippen molar-refractivity contribution in [2.75, 3.05) is 5.73 Å². The lowest BCUT2D eigenvalue weighted by atomic mass is 10.1. The SMILES string of the molecule is Cc1cc(N)nc(C)c1CNC(=O)c1nn(Cc2ccc3ncc(Cl)cc3c2)cc1[N+](=O)[O-]. The molecule has 0 spiro atoms. The molecule has 0 aliphatic heterocycles. The number of nitro groups is 1. The number of halogens is 1. The van der Waals surface area contributed by atoms with Gasteiger partial charge in [-0.05, 0) is 54.8 Å². The molecule has 0 unspecified atom stereocenters. The van der Waals surface area contributed by atoms with E-state index in [4.69, 9.17) is 17.3 Å². The molecule has 4 aromatic rings. The van der Waals surface area contributed by atoms with Gasteiger partial charge < -0.3 is 11.1 Å². The molecule has 0 aliphatic carbocycles. The monoisotopic (exact) mass is 465 g/mol. The first-order valence-corrected chi connectivity index (χ1v) is 10.4. The van der Waals surface area contributed by atoms with Crippen LogP contribution >= 0.6 is 11.6 Å². The molecule has 3 aromatic heterocycles. The lowest BCUT2D eigenvalue weighted by Gasteiger charge is -2.10. The minimum absolute atomic E-state index is 0.145. The summed E-state index contributed by atoms with van der Waals surface area (Å²) in [6.45, 7) is 4.02. The molecule has 10 nitrogen and oxygen atoms in total. The molecule has 3 N–H and O–H groups in total. The summed E-state index contributed by atoms with van der Waals surface area (Å²) >= 11 is 6.02. The molecule has 0 atom stereocenters. The lowest BCUT2D eigenvalue weighted by molar-refractivity contribution is -0.385. The van der Waals surface area contributed by atoms with E-state index in [1.807, 2.05) is 25.1 Å². The highest BCUT2D eigenvalue weighted by molar-refractivity contribution is 6.31. The van der Waals surface area contributed by atoms with Crippen molar-refractivity contribution in [3.63, 3.8) is 0 Å². The van der Waals surface area contributed by atoms with Crippen molar-refractivity contribution in [3.05, 3.63) is 85.9 Å². The molecule has 0 fully saturated rings. The number of nitrogens with two attached hydrogens (primary N) is 1. The van der Waals surface area contributed by atoms with Crippen LogP contribution in [-0.2, 0) is 13.1 Å². The molecular formula is C22H20ClN7O3. The van der Waals surface area contributed by atoms with E-state index in [9.17, 15) is 14.9 Å².